The van der Waals surface area contributed by atoms with Gasteiger partial charge >= 0.3 is 0 Å². The van der Waals surface area contributed by atoms with Gasteiger partial charge < -0.3 is 10.0 Å². The summed E-state index contributed by atoms with van der Waals surface area (Å²) in [7, 11) is 2.14. The lowest BCUT2D eigenvalue weighted by atomic mass is 9.77. The highest BCUT2D eigenvalue weighted by Gasteiger charge is 2.32. The van der Waals surface area contributed by atoms with Crippen LogP contribution in [0.5, 0.6) is 5.75 Å². The van der Waals surface area contributed by atoms with E-state index in [2.05, 4.69) is 46.2 Å². The Labute approximate surface area is 184 Å². The van der Waals surface area contributed by atoms with Gasteiger partial charge in [-0.3, -0.25) is 5.10 Å². The molecule has 2 heterocycles. The molecule has 1 aliphatic carbocycles. The Morgan fingerprint density at radius 1 is 1.16 bits per heavy atom. The number of aromatic hydroxyl groups is 1. The second-order valence-corrected chi connectivity index (χ2v) is 9.27. The maximum atomic E-state index is 10.6. The molecule has 0 spiro atoms. The van der Waals surface area contributed by atoms with Crippen LogP contribution in [0.15, 0.2) is 42.7 Å². The summed E-state index contributed by atoms with van der Waals surface area (Å²) >= 11 is 0. The average Bonchev–Trinajstić information content (AvgIpc) is 3.24. The molecule has 1 saturated carbocycles. The summed E-state index contributed by atoms with van der Waals surface area (Å²) < 4.78 is 0. The third-order valence-electron chi connectivity index (χ3n) is 6.81. The second kappa shape index (κ2) is 9.08. The smallest absolute Gasteiger partial charge is 0.151 e. The Balaban J connectivity index is 1.51. The molecule has 0 amide bonds. The van der Waals surface area contributed by atoms with Gasteiger partial charge in [0.25, 0.3) is 0 Å². The maximum Gasteiger partial charge on any atom is 0.151 e. The fraction of sp³-hybridized carbons (Fsp3) is 0.480. The van der Waals surface area contributed by atoms with Gasteiger partial charge in [0, 0.05) is 30.4 Å². The molecule has 1 fully saturated rings. The minimum absolute atomic E-state index is 0.188. The van der Waals surface area contributed by atoms with Gasteiger partial charge in [-0.1, -0.05) is 39.2 Å². The Bertz CT molecular complexity index is 986. The van der Waals surface area contributed by atoms with Gasteiger partial charge in [0.15, 0.2) is 5.82 Å². The molecule has 0 saturated heterocycles. The van der Waals surface area contributed by atoms with Crippen molar-refractivity contribution in [2.45, 2.75) is 64.8 Å². The zero-order valence-electron chi connectivity index (χ0n) is 18.8. The van der Waals surface area contributed by atoms with Gasteiger partial charge in [-0.15, -0.1) is 10.2 Å². The quantitative estimate of drug-likeness (QED) is 0.493. The molecule has 2 aromatic heterocycles. The molecule has 2 N–H and O–H groups in total. The number of nitrogens with zero attached hydrogens (tertiary/aromatic N) is 4. The Kier molecular flexibility index (Phi) is 6.25. The van der Waals surface area contributed by atoms with Crippen LogP contribution in [0.2, 0.25) is 0 Å². The van der Waals surface area contributed by atoms with Crippen LogP contribution >= 0.6 is 0 Å². The van der Waals surface area contributed by atoms with Gasteiger partial charge in [-0.25, -0.2) is 0 Å². The lowest BCUT2D eigenvalue weighted by Crippen LogP contribution is -2.36. The number of rotatable bonds is 6. The van der Waals surface area contributed by atoms with E-state index in [-0.39, 0.29) is 5.75 Å². The molecule has 0 bridgehead atoms. The van der Waals surface area contributed by atoms with Crippen molar-refractivity contribution in [1.82, 2.24) is 20.4 Å². The number of hydrogen-bond donors (Lipinski definition) is 2. The molecule has 3 aromatic rings. The van der Waals surface area contributed by atoms with E-state index in [1.54, 1.807) is 18.5 Å². The van der Waals surface area contributed by atoms with Gasteiger partial charge in [0.1, 0.15) is 5.75 Å². The standard InChI is InChI=1S/C25H33N5O/c1-4-12-25(2)13-6-5-7-20(15-25)30(3)24-11-10-22(28-29-24)21-9-8-18(14-23(21)31)19-16-26-27-17-19/h8-11,14,16-17,20,31H,4-7,12-13,15H2,1-3H3,(H,26,27)/t20-,25+/m0/s1. The SMILES string of the molecule is CCC[C@]1(C)CCCC[C@H](N(C)c2ccc(-c3ccc(-c4cn[nH]c4)cc3O)nn2)C1. The van der Waals surface area contributed by atoms with Crippen LogP contribution in [0.3, 0.4) is 0 Å². The van der Waals surface area contributed by atoms with Crippen LogP contribution in [0, 0.1) is 5.41 Å². The predicted molar refractivity (Wildman–Crippen MR) is 125 cm³/mol. The van der Waals surface area contributed by atoms with Crippen molar-refractivity contribution < 1.29 is 5.11 Å². The first-order valence-electron chi connectivity index (χ1n) is 11.4. The maximum absolute atomic E-state index is 10.6. The summed E-state index contributed by atoms with van der Waals surface area (Å²) in [6.07, 6.45) is 12.4. The number of H-pyrrole nitrogens is 1. The molecule has 6 nitrogen and oxygen atoms in total. The van der Waals surface area contributed by atoms with E-state index in [4.69, 9.17) is 0 Å². The van der Waals surface area contributed by atoms with Crippen molar-refractivity contribution in [3.8, 4) is 28.1 Å². The number of phenols is 1. The van der Waals surface area contributed by atoms with Crippen molar-refractivity contribution in [2.24, 2.45) is 5.41 Å². The molecular weight excluding hydrogens is 386 g/mol. The number of nitrogens with one attached hydrogen (secondary N) is 1. The van der Waals surface area contributed by atoms with Crippen molar-refractivity contribution >= 4 is 5.82 Å². The Morgan fingerprint density at radius 2 is 2.03 bits per heavy atom. The first-order valence-corrected chi connectivity index (χ1v) is 11.4. The molecule has 0 radical (unpaired) electrons. The van der Waals surface area contributed by atoms with Gasteiger partial charge in [-0.2, -0.15) is 5.10 Å². The minimum atomic E-state index is 0.188. The van der Waals surface area contributed by atoms with Crippen LogP contribution in [0.4, 0.5) is 5.82 Å². The minimum Gasteiger partial charge on any atom is -0.507 e. The fourth-order valence-electron chi connectivity index (χ4n) is 5.05. The summed E-state index contributed by atoms with van der Waals surface area (Å²) in [6, 6.07) is 10.0. The average molecular weight is 420 g/mol. The second-order valence-electron chi connectivity index (χ2n) is 9.27. The number of hydrogen-bond acceptors (Lipinski definition) is 5. The van der Waals surface area contributed by atoms with Gasteiger partial charge in [0.2, 0.25) is 0 Å². The molecule has 0 unspecified atom stereocenters. The molecule has 1 aliphatic rings. The molecule has 4 rings (SSSR count). The zero-order valence-corrected chi connectivity index (χ0v) is 18.8. The number of aromatic amines is 1. The van der Waals surface area contributed by atoms with Crippen LogP contribution in [0.25, 0.3) is 22.4 Å². The van der Waals surface area contributed by atoms with Crippen molar-refractivity contribution in [3.05, 3.63) is 42.7 Å². The predicted octanol–water partition coefficient (Wildman–Crippen LogP) is 5.81. The van der Waals surface area contributed by atoms with Crippen molar-refractivity contribution in [1.29, 1.82) is 0 Å². The fourth-order valence-corrected chi connectivity index (χ4v) is 5.05. The third kappa shape index (κ3) is 4.73. The summed E-state index contributed by atoms with van der Waals surface area (Å²) in [6.45, 7) is 4.74. The van der Waals surface area contributed by atoms with Crippen LogP contribution in [-0.2, 0) is 0 Å². The number of benzene rings is 1. The number of aromatic nitrogens is 4. The molecule has 1 aromatic carbocycles. The van der Waals surface area contributed by atoms with Crippen LogP contribution in [-0.4, -0.2) is 38.6 Å². The normalized spacial score (nSPS) is 21.6. The van der Waals surface area contributed by atoms with Crippen LogP contribution in [0.1, 0.15) is 58.8 Å². The van der Waals surface area contributed by atoms with Crippen molar-refractivity contribution in [3.63, 3.8) is 0 Å². The van der Waals surface area contributed by atoms with E-state index in [1.165, 1.54) is 44.9 Å². The Hall–Kier alpha value is -2.89. The monoisotopic (exact) mass is 419 g/mol. The lowest BCUT2D eigenvalue weighted by molar-refractivity contribution is 0.238. The first-order chi connectivity index (χ1) is 15.0. The van der Waals surface area contributed by atoms with Crippen molar-refractivity contribution in [2.75, 3.05) is 11.9 Å². The molecule has 164 valence electrons. The topological polar surface area (TPSA) is 77.9 Å². The van der Waals surface area contributed by atoms with E-state index in [0.717, 1.165) is 16.9 Å². The van der Waals surface area contributed by atoms with E-state index in [0.29, 0.717) is 22.7 Å². The molecule has 6 heteroatoms. The number of phenolic OH excluding ortho intramolecular Hbond substituents is 1. The molecular formula is C25H33N5O. The molecule has 0 aliphatic heterocycles. The van der Waals surface area contributed by atoms with E-state index >= 15 is 0 Å². The zero-order chi connectivity index (χ0) is 21.8. The lowest BCUT2D eigenvalue weighted by Gasteiger charge is -2.35. The van der Waals surface area contributed by atoms with E-state index < -0.39 is 0 Å². The van der Waals surface area contributed by atoms with Crippen LogP contribution < -0.4 is 4.90 Å². The molecule has 31 heavy (non-hydrogen) atoms. The molecule has 2 atom stereocenters. The summed E-state index contributed by atoms with van der Waals surface area (Å²) in [5.74, 6) is 1.08. The highest BCUT2D eigenvalue weighted by Crippen LogP contribution is 2.40. The van der Waals surface area contributed by atoms with Gasteiger partial charge in [-0.05, 0) is 60.9 Å². The summed E-state index contributed by atoms with van der Waals surface area (Å²) in [5, 5.41) is 26.3. The summed E-state index contributed by atoms with van der Waals surface area (Å²) in [5.41, 5.74) is 3.61. The highest BCUT2D eigenvalue weighted by atomic mass is 16.3. The van der Waals surface area contributed by atoms with E-state index in [1.807, 2.05) is 24.3 Å². The third-order valence-corrected chi connectivity index (χ3v) is 6.81. The van der Waals surface area contributed by atoms with Gasteiger partial charge in [0.05, 0.1) is 11.9 Å². The summed E-state index contributed by atoms with van der Waals surface area (Å²) in [4.78, 5) is 2.30. The first kappa shape index (κ1) is 21.3. The Morgan fingerprint density at radius 3 is 2.71 bits per heavy atom. The highest BCUT2D eigenvalue weighted by molar-refractivity contribution is 5.73. The number of anilines is 1. The van der Waals surface area contributed by atoms with E-state index in [9.17, 15) is 5.11 Å². The largest absolute Gasteiger partial charge is 0.507 e.